The maximum atomic E-state index is 8.89. The molecule has 0 saturated carbocycles. The van der Waals surface area contributed by atoms with Crippen molar-refractivity contribution in [2.45, 2.75) is 0 Å². The third kappa shape index (κ3) is 2.97. The highest BCUT2D eigenvalue weighted by Crippen LogP contribution is 2.30. The van der Waals surface area contributed by atoms with Gasteiger partial charge in [-0.2, -0.15) is 10.2 Å². The summed E-state index contributed by atoms with van der Waals surface area (Å²) in [6.07, 6.45) is 1.65. The average molecular weight is 334 g/mol. The third-order valence-corrected chi connectivity index (χ3v) is 3.13. The molecule has 102 valence electrons. The molecule has 0 aliphatic carbocycles. The van der Waals surface area contributed by atoms with Crippen LogP contribution < -0.4 is 15.4 Å². The van der Waals surface area contributed by atoms with Gasteiger partial charge in [-0.25, -0.2) is 4.98 Å². The molecule has 0 spiro atoms. The topological polar surface area (TPSA) is 82.9 Å². The maximum absolute atomic E-state index is 8.89. The molecule has 6 nitrogen and oxygen atoms in total. The smallest absolute Gasteiger partial charge is 0.224 e. The summed E-state index contributed by atoms with van der Waals surface area (Å²) < 4.78 is 5.99. The van der Waals surface area contributed by atoms with Crippen LogP contribution in [0.25, 0.3) is 0 Å². The number of halogens is 1. The molecular weight excluding hydrogens is 322 g/mol. The van der Waals surface area contributed by atoms with Crippen LogP contribution in [-0.4, -0.2) is 24.1 Å². The van der Waals surface area contributed by atoms with Gasteiger partial charge in [0.05, 0.1) is 28.9 Å². The Hall–Kier alpha value is -2.33. The number of hydrogen-bond acceptors (Lipinski definition) is 6. The molecule has 0 radical (unpaired) electrons. The highest BCUT2D eigenvalue weighted by Gasteiger charge is 2.09. The van der Waals surface area contributed by atoms with Gasteiger partial charge in [0.25, 0.3) is 0 Å². The van der Waals surface area contributed by atoms with E-state index in [1.54, 1.807) is 38.6 Å². The van der Waals surface area contributed by atoms with E-state index >= 15 is 0 Å². The Morgan fingerprint density at radius 2 is 2.20 bits per heavy atom. The minimum atomic E-state index is 0.503. The Balaban J connectivity index is 2.37. The monoisotopic (exact) mass is 333 g/mol. The van der Waals surface area contributed by atoms with Gasteiger partial charge >= 0.3 is 0 Å². The van der Waals surface area contributed by atoms with Crippen molar-refractivity contribution in [3.8, 4) is 11.8 Å². The Morgan fingerprint density at radius 3 is 2.85 bits per heavy atom. The molecule has 0 fully saturated rings. The van der Waals surface area contributed by atoms with Crippen molar-refractivity contribution in [3.63, 3.8) is 0 Å². The first-order valence-electron chi connectivity index (χ1n) is 5.73. The van der Waals surface area contributed by atoms with E-state index in [-0.39, 0.29) is 0 Å². The van der Waals surface area contributed by atoms with Crippen LogP contribution in [0.5, 0.6) is 5.75 Å². The van der Waals surface area contributed by atoms with Gasteiger partial charge in [-0.15, -0.1) is 0 Å². The summed E-state index contributed by atoms with van der Waals surface area (Å²) >= 11 is 3.38. The van der Waals surface area contributed by atoms with Crippen LogP contribution in [0.1, 0.15) is 5.56 Å². The quantitative estimate of drug-likeness (QED) is 0.895. The van der Waals surface area contributed by atoms with E-state index < -0.39 is 0 Å². The van der Waals surface area contributed by atoms with Gasteiger partial charge in [0.2, 0.25) is 5.95 Å². The lowest BCUT2D eigenvalue weighted by Gasteiger charge is -2.12. The molecule has 0 bridgehead atoms. The molecule has 0 atom stereocenters. The van der Waals surface area contributed by atoms with E-state index in [1.807, 2.05) is 0 Å². The zero-order chi connectivity index (χ0) is 14.5. The van der Waals surface area contributed by atoms with Crippen molar-refractivity contribution in [3.05, 3.63) is 34.4 Å². The highest BCUT2D eigenvalue weighted by molar-refractivity contribution is 9.10. The molecule has 2 rings (SSSR count). The first-order valence-corrected chi connectivity index (χ1v) is 6.52. The molecule has 0 aliphatic heterocycles. The van der Waals surface area contributed by atoms with Gasteiger partial charge in [0, 0.05) is 19.3 Å². The molecule has 7 heteroatoms. The number of rotatable bonds is 4. The Bertz CT molecular complexity index is 668. The second kappa shape index (κ2) is 6.21. The number of nitrogens with one attached hydrogen (secondary N) is 2. The van der Waals surface area contributed by atoms with E-state index in [0.29, 0.717) is 28.8 Å². The second-order valence-electron chi connectivity index (χ2n) is 3.79. The van der Waals surface area contributed by atoms with Crippen molar-refractivity contribution in [2.24, 2.45) is 0 Å². The Morgan fingerprint density at radius 1 is 1.40 bits per heavy atom. The highest BCUT2D eigenvalue weighted by atomic mass is 79.9. The van der Waals surface area contributed by atoms with Crippen molar-refractivity contribution in [1.29, 1.82) is 5.26 Å². The molecule has 20 heavy (non-hydrogen) atoms. The lowest BCUT2D eigenvalue weighted by molar-refractivity contribution is 0.416. The zero-order valence-electron chi connectivity index (χ0n) is 10.9. The summed E-state index contributed by atoms with van der Waals surface area (Å²) in [5, 5.41) is 14.9. The predicted molar refractivity (Wildman–Crippen MR) is 80.3 cm³/mol. The fourth-order valence-corrected chi connectivity index (χ4v) is 1.86. The first kappa shape index (κ1) is 14.1. The normalized spacial score (nSPS) is 9.70. The fourth-order valence-electron chi connectivity index (χ4n) is 1.57. The van der Waals surface area contributed by atoms with Crippen molar-refractivity contribution >= 4 is 33.4 Å². The number of nitriles is 1. The molecular formula is C13H12BrN5O. The summed E-state index contributed by atoms with van der Waals surface area (Å²) in [7, 11) is 3.30. The van der Waals surface area contributed by atoms with Crippen LogP contribution in [0.2, 0.25) is 0 Å². The van der Waals surface area contributed by atoms with Crippen LogP contribution in [0, 0.1) is 11.3 Å². The molecule has 1 aromatic heterocycles. The fraction of sp³-hybridized carbons (Fsp3) is 0.154. The van der Waals surface area contributed by atoms with E-state index in [1.165, 1.54) is 0 Å². The van der Waals surface area contributed by atoms with Gasteiger partial charge < -0.3 is 15.4 Å². The van der Waals surface area contributed by atoms with Crippen LogP contribution in [0.4, 0.5) is 17.5 Å². The summed E-state index contributed by atoms with van der Waals surface area (Å²) in [6.45, 7) is 0. The SMILES string of the molecule is CNc1ncc(Br)c(Nc2ccc(C#N)cc2OC)n1. The lowest BCUT2D eigenvalue weighted by Crippen LogP contribution is -2.02. The maximum Gasteiger partial charge on any atom is 0.224 e. The number of anilines is 3. The summed E-state index contributed by atoms with van der Waals surface area (Å²) in [6, 6.07) is 7.21. The lowest BCUT2D eigenvalue weighted by atomic mass is 10.2. The predicted octanol–water partition coefficient (Wildman–Crippen LogP) is 2.90. The molecule has 2 aromatic rings. The molecule has 1 heterocycles. The van der Waals surface area contributed by atoms with Crippen LogP contribution in [0.15, 0.2) is 28.9 Å². The van der Waals surface area contributed by atoms with Crippen molar-refractivity contribution < 1.29 is 4.74 Å². The molecule has 0 aliphatic rings. The van der Waals surface area contributed by atoms with Gasteiger partial charge in [0.1, 0.15) is 11.6 Å². The first-order chi connectivity index (χ1) is 9.67. The molecule has 1 aromatic carbocycles. The van der Waals surface area contributed by atoms with E-state index in [0.717, 1.165) is 4.47 Å². The summed E-state index contributed by atoms with van der Waals surface area (Å²) in [4.78, 5) is 8.39. The Kier molecular flexibility index (Phi) is 4.38. The number of aromatic nitrogens is 2. The van der Waals surface area contributed by atoms with E-state index in [9.17, 15) is 0 Å². The van der Waals surface area contributed by atoms with Crippen molar-refractivity contribution in [2.75, 3.05) is 24.8 Å². The third-order valence-electron chi connectivity index (χ3n) is 2.55. The zero-order valence-corrected chi connectivity index (χ0v) is 12.5. The minimum absolute atomic E-state index is 0.503. The standard InChI is InChI=1S/C13H12BrN5O/c1-16-13-17-7-9(14)12(19-13)18-10-4-3-8(6-15)5-11(10)20-2/h3-5,7H,1-2H3,(H2,16,17,18,19). The van der Waals surface area contributed by atoms with Gasteiger partial charge in [-0.05, 0) is 28.1 Å². The number of benzene rings is 1. The second-order valence-corrected chi connectivity index (χ2v) is 4.65. The molecule has 0 saturated heterocycles. The van der Waals surface area contributed by atoms with Crippen LogP contribution in [-0.2, 0) is 0 Å². The molecule has 2 N–H and O–H groups in total. The summed E-state index contributed by atoms with van der Waals surface area (Å²) in [5.74, 6) is 1.68. The van der Waals surface area contributed by atoms with Gasteiger partial charge in [-0.3, -0.25) is 0 Å². The molecule has 0 amide bonds. The number of nitrogens with zero attached hydrogens (tertiary/aromatic N) is 3. The Labute approximate surface area is 124 Å². The minimum Gasteiger partial charge on any atom is -0.495 e. The van der Waals surface area contributed by atoms with Crippen LogP contribution in [0.3, 0.4) is 0 Å². The van der Waals surface area contributed by atoms with Gasteiger partial charge in [0.15, 0.2) is 0 Å². The van der Waals surface area contributed by atoms with Crippen molar-refractivity contribution in [1.82, 2.24) is 9.97 Å². The summed E-state index contributed by atoms with van der Waals surface area (Å²) in [5.41, 5.74) is 1.25. The van der Waals surface area contributed by atoms with Crippen LogP contribution >= 0.6 is 15.9 Å². The number of methoxy groups -OCH3 is 1. The average Bonchev–Trinajstić information content (AvgIpc) is 2.49. The number of hydrogen-bond donors (Lipinski definition) is 2. The number of ether oxygens (including phenoxy) is 1. The van der Waals surface area contributed by atoms with E-state index in [4.69, 9.17) is 10.00 Å². The molecule has 0 unspecified atom stereocenters. The van der Waals surface area contributed by atoms with E-state index in [2.05, 4.69) is 42.6 Å². The van der Waals surface area contributed by atoms with Gasteiger partial charge in [-0.1, -0.05) is 0 Å². The largest absolute Gasteiger partial charge is 0.495 e.